The molecule has 6 rings (SSSR count). The predicted molar refractivity (Wildman–Crippen MR) is 176 cm³/mol. The SMILES string of the molecule is CC(C)(O)CNC(=O)C1C2CN(Cc3ccc4cc(Oc5ccc(-c6ccnn6COCC[Si](C)(C)C)cn5)ccc4n3)CC21. The van der Waals surface area contributed by atoms with Crippen molar-refractivity contribution in [2.45, 2.75) is 58.4 Å². The highest BCUT2D eigenvalue weighted by atomic mass is 28.3. The largest absolute Gasteiger partial charge is 0.439 e. The molecule has 1 aliphatic carbocycles. The second-order valence-corrected chi connectivity index (χ2v) is 19.9. The summed E-state index contributed by atoms with van der Waals surface area (Å²) in [4.78, 5) is 24.3. The molecule has 1 aromatic carbocycles. The highest BCUT2D eigenvalue weighted by molar-refractivity contribution is 6.76. The van der Waals surface area contributed by atoms with Crippen LogP contribution in [0.4, 0.5) is 0 Å². The highest BCUT2D eigenvalue weighted by Crippen LogP contribution is 2.52. The molecule has 1 amide bonds. The van der Waals surface area contributed by atoms with Gasteiger partial charge in [0.05, 0.1) is 22.5 Å². The third-order valence-electron chi connectivity index (χ3n) is 8.55. The van der Waals surface area contributed by atoms with Crippen molar-refractivity contribution >= 4 is 24.9 Å². The van der Waals surface area contributed by atoms with Crippen LogP contribution in [-0.2, 0) is 22.8 Å². The van der Waals surface area contributed by atoms with Crippen LogP contribution in [0.15, 0.2) is 60.9 Å². The van der Waals surface area contributed by atoms with Gasteiger partial charge in [-0.15, -0.1) is 0 Å². The fourth-order valence-corrected chi connectivity index (χ4v) is 6.76. The standard InChI is InChI=1S/C34H44N6O4Si/c1-34(2,42)21-36-33(41)32-27-19-39(20-28(27)32)18-25-8-6-23-16-26(9-10-29(23)38-25)44-31-11-7-24(17-35-31)30-12-13-37-40(30)22-43-14-15-45(3,4)5/h6-13,16-17,27-28,32,42H,14-15,18-22H2,1-5H3,(H,36,41). The Balaban J connectivity index is 1.01. The van der Waals surface area contributed by atoms with E-state index in [4.69, 9.17) is 14.5 Å². The van der Waals surface area contributed by atoms with Gasteiger partial charge in [-0.3, -0.25) is 14.7 Å². The average Bonchev–Trinajstić information content (AvgIpc) is 3.28. The smallest absolute Gasteiger partial charge is 0.223 e. The van der Waals surface area contributed by atoms with Crippen LogP contribution >= 0.6 is 0 Å². The number of pyridine rings is 2. The second kappa shape index (κ2) is 12.6. The van der Waals surface area contributed by atoms with Crippen LogP contribution in [0.2, 0.25) is 25.7 Å². The maximum atomic E-state index is 12.5. The van der Waals surface area contributed by atoms with Crippen molar-refractivity contribution in [1.82, 2.24) is 30.0 Å². The lowest BCUT2D eigenvalue weighted by molar-refractivity contribution is -0.124. The number of benzene rings is 1. The van der Waals surface area contributed by atoms with Gasteiger partial charge < -0.3 is 19.9 Å². The van der Waals surface area contributed by atoms with Gasteiger partial charge in [-0.25, -0.2) is 9.67 Å². The summed E-state index contributed by atoms with van der Waals surface area (Å²) in [7, 11) is -1.13. The fourth-order valence-electron chi connectivity index (χ4n) is 6.00. The Hall–Kier alpha value is -3.64. The van der Waals surface area contributed by atoms with Crippen molar-refractivity contribution in [2.75, 3.05) is 26.2 Å². The molecule has 0 spiro atoms. The number of likely N-dealkylation sites (tertiary alicyclic amines) is 1. The molecule has 0 radical (unpaired) electrons. The second-order valence-electron chi connectivity index (χ2n) is 14.3. The number of carbonyl (C=O) groups excluding carboxylic acids is 1. The number of hydrogen-bond acceptors (Lipinski definition) is 8. The summed E-state index contributed by atoms with van der Waals surface area (Å²) in [5.41, 5.74) is 2.93. The van der Waals surface area contributed by atoms with Crippen LogP contribution in [0.3, 0.4) is 0 Å². The lowest BCUT2D eigenvalue weighted by Crippen LogP contribution is -2.40. The van der Waals surface area contributed by atoms with E-state index in [1.54, 1.807) is 26.2 Å². The molecule has 2 aliphatic rings. The summed E-state index contributed by atoms with van der Waals surface area (Å²) in [6.07, 6.45) is 3.58. The Morgan fingerprint density at radius 2 is 1.89 bits per heavy atom. The van der Waals surface area contributed by atoms with Gasteiger partial charge in [0.25, 0.3) is 0 Å². The van der Waals surface area contributed by atoms with E-state index in [0.29, 0.717) is 30.2 Å². The first kappa shape index (κ1) is 31.3. The Bertz CT molecular complexity index is 1630. The molecule has 1 saturated heterocycles. The summed E-state index contributed by atoms with van der Waals surface area (Å²) in [6, 6.07) is 17.0. The van der Waals surface area contributed by atoms with Crippen molar-refractivity contribution in [3.63, 3.8) is 0 Å². The third-order valence-corrected chi connectivity index (χ3v) is 10.3. The molecule has 10 nitrogen and oxygen atoms in total. The van der Waals surface area contributed by atoms with Crippen molar-refractivity contribution in [3.05, 3.63) is 66.6 Å². The normalized spacial score (nSPS) is 19.9. The Kier molecular flexibility index (Phi) is 8.80. The van der Waals surface area contributed by atoms with Gasteiger partial charge in [0, 0.05) is 76.2 Å². The van der Waals surface area contributed by atoms with Gasteiger partial charge in [-0.1, -0.05) is 25.7 Å². The average molecular weight is 629 g/mol. The lowest BCUT2D eigenvalue weighted by Gasteiger charge is -2.21. The van der Waals surface area contributed by atoms with Crippen LogP contribution in [0.1, 0.15) is 19.5 Å². The van der Waals surface area contributed by atoms with Gasteiger partial charge in [0.15, 0.2) is 0 Å². The Morgan fingerprint density at radius 3 is 2.60 bits per heavy atom. The first-order valence-corrected chi connectivity index (χ1v) is 19.5. The number of ether oxygens (including phenoxy) is 2. The van der Waals surface area contributed by atoms with Gasteiger partial charge in [-0.05, 0) is 68.1 Å². The minimum atomic E-state index is -1.13. The van der Waals surface area contributed by atoms with Crippen molar-refractivity contribution in [2.24, 2.45) is 17.8 Å². The van der Waals surface area contributed by atoms with E-state index in [9.17, 15) is 9.90 Å². The maximum absolute atomic E-state index is 12.5. The summed E-state index contributed by atoms with van der Waals surface area (Å²) >= 11 is 0. The zero-order chi connectivity index (χ0) is 31.8. The predicted octanol–water partition coefficient (Wildman–Crippen LogP) is 5.16. The third kappa shape index (κ3) is 7.96. The molecule has 4 aromatic rings. The van der Waals surface area contributed by atoms with Crippen molar-refractivity contribution in [3.8, 4) is 22.9 Å². The maximum Gasteiger partial charge on any atom is 0.223 e. The van der Waals surface area contributed by atoms with E-state index in [2.05, 4.69) is 52.1 Å². The molecular formula is C34H44N6O4Si. The van der Waals surface area contributed by atoms with Gasteiger partial charge >= 0.3 is 0 Å². The number of carbonyl (C=O) groups is 1. The van der Waals surface area contributed by atoms with Crippen molar-refractivity contribution in [1.29, 1.82) is 0 Å². The number of nitrogens with one attached hydrogen (secondary N) is 1. The molecule has 2 atom stereocenters. The van der Waals surface area contributed by atoms with E-state index >= 15 is 0 Å². The quantitative estimate of drug-likeness (QED) is 0.154. The first-order chi connectivity index (χ1) is 21.4. The summed E-state index contributed by atoms with van der Waals surface area (Å²) in [5, 5.41) is 18.2. The number of nitrogens with zero attached hydrogens (tertiary/aromatic N) is 5. The zero-order valence-electron chi connectivity index (χ0n) is 26.9. The number of fused-ring (bicyclic) bond motifs is 2. The molecule has 2 N–H and O–H groups in total. The lowest BCUT2D eigenvalue weighted by atomic mass is 10.1. The number of aromatic nitrogens is 4. The summed E-state index contributed by atoms with van der Waals surface area (Å²) in [5.74, 6) is 2.16. The van der Waals surface area contributed by atoms with Crippen LogP contribution in [-0.4, -0.2) is 75.6 Å². The topological polar surface area (TPSA) is 115 Å². The van der Waals surface area contributed by atoms with Gasteiger partial charge in [-0.2, -0.15) is 5.10 Å². The molecule has 2 unspecified atom stereocenters. The van der Waals surface area contributed by atoms with E-state index < -0.39 is 13.7 Å². The van der Waals surface area contributed by atoms with Gasteiger partial charge in [0.1, 0.15) is 12.5 Å². The minimum Gasteiger partial charge on any atom is -0.439 e. The first-order valence-electron chi connectivity index (χ1n) is 15.8. The number of piperidine rings is 1. The van der Waals surface area contributed by atoms with Crippen LogP contribution in [0.25, 0.3) is 22.2 Å². The molecule has 45 heavy (non-hydrogen) atoms. The number of amides is 1. The summed E-state index contributed by atoms with van der Waals surface area (Å²) < 4.78 is 13.8. The van der Waals surface area contributed by atoms with E-state index in [-0.39, 0.29) is 18.4 Å². The number of rotatable bonds is 13. The summed E-state index contributed by atoms with van der Waals surface area (Å²) in [6.45, 7) is 14.5. The number of aliphatic hydroxyl groups is 1. The molecular weight excluding hydrogens is 584 g/mol. The molecule has 11 heteroatoms. The Labute approximate surface area is 265 Å². The van der Waals surface area contributed by atoms with E-state index in [1.165, 1.54) is 0 Å². The molecule has 0 bridgehead atoms. The van der Waals surface area contributed by atoms with E-state index in [0.717, 1.165) is 60.1 Å². The van der Waals surface area contributed by atoms with Gasteiger partial charge in [0.2, 0.25) is 11.8 Å². The molecule has 238 valence electrons. The van der Waals surface area contributed by atoms with E-state index in [1.807, 2.05) is 41.1 Å². The molecule has 3 aromatic heterocycles. The fraction of sp³-hybridized carbons (Fsp3) is 0.471. The molecule has 1 saturated carbocycles. The monoisotopic (exact) mass is 628 g/mol. The minimum absolute atomic E-state index is 0.0702. The molecule has 1 aliphatic heterocycles. The zero-order valence-corrected chi connectivity index (χ0v) is 27.9. The highest BCUT2D eigenvalue weighted by Gasteiger charge is 2.59. The number of hydrogen-bond donors (Lipinski definition) is 2. The van der Waals surface area contributed by atoms with Crippen molar-refractivity contribution < 1.29 is 19.4 Å². The molecule has 4 heterocycles. The van der Waals surface area contributed by atoms with Crippen LogP contribution in [0, 0.1) is 17.8 Å². The Morgan fingerprint density at radius 1 is 1.09 bits per heavy atom. The van der Waals surface area contributed by atoms with Crippen LogP contribution < -0.4 is 10.1 Å². The van der Waals surface area contributed by atoms with Crippen LogP contribution in [0.5, 0.6) is 11.6 Å². The molecule has 2 fully saturated rings.